The number of halogens is 4. The quantitative estimate of drug-likeness (QED) is 0.474. The summed E-state index contributed by atoms with van der Waals surface area (Å²) in [5, 5.41) is 1.75. The van der Waals surface area contributed by atoms with Gasteiger partial charge in [-0.05, 0) is 6.42 Å². The molecule has 0 aromatic rings. The predicted molar refractivity (Wildman–Crippen MR) is 42.6 cm³/mol. The van der Waals surface area contributed by atoms with Crippen LogP contribution in [-0.2, 0) is 4.79 Å². The highest BCUT2D eigenvalue weighted by Crippen LogP contribution is 2.13. The average Bonchev–Trinajstić information content (AvgIpc) is 1.86. The summed E-state index contributed by atoms with van der Waals surface area (Å²) in [6.07, 6.45) is -4.19. The van der Waals surface area contributed by atoms with E-state index in [-0.39, 0.29) is 6.54 Å². The van der Waals surface area contributed by atoms with Crippen LogP contribution < -0.4 is 5.32 Å². The number of carbonyl (C=O) groups excluding carboxylic acids is 1. The Morgan fingerprint density at radius 2 is 2.00 bits per heavy atom. The number of rotatable bonds is 3. The van der Waals surface area contributed by atoms with Gasteiger partial charge in [0.1, 0.15) is 0 Å². The predicted octanol–water partition coefficient (Wildman–Crippen LogP) is 1.49. The molecule has 0 saturated heterocycles. The van der Waals surface area contributed by atoms with Gasteiger partial charge in [0.05, 0.1) is 0 Å². The molecule has 0 bridgehead atoms. The molecule has 0 rings (SSSR count). The molecule has 0 aliphatic carbocycles. The van der Waals surface area contributed by atoms with Gasteiger partial charge >= 0.3 is 12.1 Å². The Morgan fingerprint density at radius 3 is 2.36 bits per heavy atom. The van der Waals surface area contributed by atoms with Gasteiger partial charge in [0.15, 0.2) is 0 Å². The second-order valence-electron chi connectivity index (χ2n) is 1.80. The van der Waals surface area contributed by atoms with Crippen LogP contribution in [0.25, 0.3) is 0 Å². The first-order valence-corrected chi connectivity index (χ1v) is 4.42. The summed E-state index contributed by atoms with van der Waals surface area (Å²) in [6.45, 7) is 0.0846. The van der Waals surface area contributed by atoms with Gasteiger partial charge in [0, 0.05) is 11.0 Å². The van der Waals surface area contributed by atoms with Crippen LogP contribution in [0.2, 0.25) is 0 Å². The molecule has 66 valence electrons. The lowest BCUT2D eigenvalue weighted by Gasteiger charge is -2.05. The Bertz CT molecular complexity index is 136. The van der Waals surface area contributed by atoms with Crippen LogP contribution in [-0.4, -0.2) is 23.1 Å². The zero-order chi connectivity index (χ0) is 8.91. The van der Waals surface area contributed by atoms with Crippen LogP contribution in [0.4, 0.5) is 13.2 Å². The minimum Gasteiger partial charge on any atom is -0.348 e. The Morgan fingerprint density at radius 1 is 1.45 bits per heavy atom. The third-order valence-electron chi connectivity index (χ3n) is 0.853. The van der Waals surface area contributed by atoms with Crippen LogP contribution in [0.1, 0.15) is 6.42 Å². The van der Waals surface area contributed by atoms with E-state index in [1.54, 1.807) is 5.32 Å². The zero-order valence-corrected chi connectivity index (χ0v) is 7.70. The monoisotopic (exact) mass is 281 g/mol. The minimum absolute atomic E-state index is 0.0846. The third-order valence-corrected chi connectivity index (χ3v) is 1.62. The number of carbonyl (C=O) groups is 1. The normalized spacial score (nSPS) is 11.3. The van der Waals surface area contributed by atoms with Crippen LogP contribution in [0.15, 0.2) is 0 Å². The van der Waals surface area contributed by atoms with Crippen molar-refractivity contribution in [3.05, 3.63) is 0 Å². The summed E-state index contributed by atoms with van der Waals surface area (Å²) < 4.78 is 35.1. The van der Waals surface area contributed by atoms with Crippen molar-refractivity contribution in [3.63, 3.8) is 0 Å². The molecule has 0 fully saturated rings. The van der Waals surface area contributed by atoms with Crippen molar-refractivity contribution in [1.29, 1.82) is 0 Å². The molecule has 0 aliphatic rings. The lowest BCUT2D eigenvalue weighted by molar-refractivity contribution is -0.173. The highest BCUT2D eigenvalue weighted by atomic mass is 127. The highest BCUT2D eigenvalue weighted by molar-refractivity contribution is 14.1. The van der Waals surface area contributed by atoms with E-state index in [9.17, 15) is 18.0 Å². The fourth-order valence-electron chi connectivity index (χ4n) is 0.369. The van der Waals surface area contributed by atoms with Crippen molar-refractivity contribution in [2.24, 2.45) is 0 Å². The second kappa shape index (κ2) is 4.78. The molecule has 1 amide bonds. The summed E-state index contributed by atoms with van der Waals surface area (Å²) in [4.78, 5) is 10.1. The van der Waals surface area contributed by atoms with Crippen LogP contribution >= 0.6 is 22.6 Å². The maximum absolute atomic E-state index is 11.5. The Hall–Kier alpha value is -0.0100. The topological polar surface area (TPSA) is 29.1 Å². The Kier molecular flexibility index (Phi) is 4.78. The average molecular weight is 281 g/mol. The summed E-state index contributed by atoms with van der Waals surface area (Å²) >= 11 is 2.02. The summed E-state index contributed by atoms with van der Waals surface area (Å²) in [6, 6.07) is 0. The van der Waals surface area contributed by atoms with E-state index < -0.39 is 12.1 Å². The fraction of sp³-hybridized carbons (Fsp3) is 0.800. The maximum Gasteiger partial charge on any atom is 0.471 e. The van der Waals surface area contributed by atoms with E-state index in [0.29, 0.717) is 6.42 Å². The molecule has 0 aliphatic heterocycles. The molecule has 0 atom stereocenters. The molecule has 6 heteroatoms. The Labute approximate surface area is 75.7 Å². The molecule has 0 heterocycles. The maximum atomic E-state index is 11.5. The van der Waals surface area contributed by atoms with Gasteiger partial charge in [0.25, 0.3) is 0 Å². The van der Waals surface area contributed by atoms with Crippen LogP contribution in [0.3, 0.4) is 0 Å². The van der Waals surface area contributed by atoms with Crippen LogP contribution in [0, 0.1) is 0 Å². The van der Waals surface area contributed by atoms with E-state index in [4.69, 9.17) is 0 Å². The molecule has 11 heavy (non-hydrogen) atoms. The molecule has 0 aromatic carbocycles. The SMILES string of the molecule is O=C(NCCCI)C(F)(F)F. The summed E-state index contributed by atoms with van der Waals surface area (Å²) in [5.74, 6) is -1.86. The third kappa shape index (κ3) is 5.28. The van der Waals surface area contributed by atoms with Gasteiger partial charge in [-0.2, -0.15) is 13.2 Å². The fourth-order valence-corrected chi connectivity index (χ4v) is 0.750. The molecule has 0 unspecified atom stereocenters. The van der Waals surface area contributed by atoms with Gasteiger partial charge in [-0.1, -0.05) is 22.6 Å². The van der Waals surface area contributed by atoms with Crippen molar-refractivity contribution in [3.8, 4) is 0 Å². The van der Waals surface area contributed by atoms with Gasteiger partial charge < -0.3 is 5.32 Å². The highest BCUT2D eigenvalue weighted by Gasteiger charge is 2.37. The number of amides is 1. The van der Waals surface area contributed by atoms with Gasteiger partial charge in [-0.3, -0.25) is 4.79 Å². The zero-order valence-electron chi connectivity index (χ0n) is 5.54. The van der Waals surface area contributed by atoms with Crippen molar-refractivity contribution in [2.45, 2.75) is 12.6 Å². The molecule has 0 saturated carbocycles. The Balaban J connectivity index is 3.54. The molecular weight excluding hydrogens is 274 g/mol. The summed E-state index contributed by atoms with van der Waals surface area (Å²) in [7, 11) is 0. The molecule has 1 N–H and O–H groups in total. The standard InChI is InChI=1S/C5H7F3INO/c6-5(7,8)4(11)10-3-1-2-9/h1-3H2,(H,10,11). The lowest BCUT2D eigenvalue weighted by atomic mass is 10.4. The van der Waals surface area contributed by atoms with Crippen LogP contribution in [0.5, 0.6) is 0 Å². The van der Waals surface area contributed by atoms with Gasteiger partial charge in [-0.25, -0.2) is 0 Å². The second-order valence-corrected chi connectivity index (χ2v) is 2.87. The van der Waals surface area contributed by atoms with Crippen molar-refractivity contribution < 1.29 is 18.0 Å². The van der Waals surface area contributed by atoms with Crippen molar-refractivity contribution >= 4 is 28.5 Å². The number of hydrogen-bond acceptors (Lipinski definition) is 1. The molecular formula is C5H7F3INO. The number of alkyl halides is 4. The minimum atomic E-state index is -4.74. The first kappa shape index (κ1) is 11.0. The first-order valence-electron chi connectivity index (χ1n) is 2.89. The van der Waals surface area contributed by atoms with E-state index in [0.717, 1.165) is 4.43 Å². The van der Waals surface area contributed by atoms with Gasteiger partial charge in [-0.15, -0.1) is 0 Å². The van der Waals surface area contributed by atoms with Gasteiger partial charge in [0.2, 0.25) is 0 Å². The smallest absolute Gasteiger partial charge is 0.348 e. The van der Waals surface area contributed by atoms with Crippen molar-refractivity contribution in [2.75, 3.05) is 11.0 Å². The first-order chi connectivity index (χ1) is 4.98. The number of hydrogen-bond donors (Lipinski definition) is 1. The molecule has 0 spiro atoms. The molecule has 0 radical (unpaired) electrons. The number of nitrogens with one attached hydrogen (secondary N) is 1. The van der Waals surface area contributed by atoms with E-state index >= 15 is 0 Å². The van der Waals surface area contributed by atoms with E-state index in [1.165, 1.54) is 0 Å². The molecule has 2 nitrogen and oxygen atoms in total. The summed E-state index contributed by atoms with van der Waals surface area (Å²) in [5.41, 5.74) is 0. The van der Waals surface area contributed by atoms with E-state index in [2.05, 4.69) is 0 Å². The van der Waals surface area contributed by atoms with Crippen molar-refractivity contribution in [1.82, 2.24) is 5.32 Å². The van der Waals surface area contributed by atoms with E-state index in [1.807, 2.05) is 22.6 Å². The lowest BCUT2D eigenvalue weighted by Crippen LogP contribution is -2.37. The largest absolute Gasteiger partial charge is 0.471 e. The molecule has 0 aromatic heterocycles.